The minimum atomic E-state index is 0.290. The van der Waals surface area contributed by atoms with Gasteiger partial charge in [-0.3, -0.25) is 0 Å². The minimum Gasteiger partial charge on any atom is -0.466 e. The molecule has 3 heteroatoms. The summed E-state index contributed by atoms with van der Waals surface area (Å²) in [6.07, 6.45) is 2.58. The van der Waals surface area contributed by atoms with Crippen molar-refractivity contribution in [3.8, 4) is 17.6 Å². The normalized spacial score (nSPS) is 13.9. The molecule has 3 nitrogen and oxygen atoms in total. The van der Waals surface area contributed by atoms with Crippen molar-refractivity contribution < 1.29 is 9.47 Å². The molecule has 1 saturated carbocycles. The molecule has 17 heavy (non-hydrogen) atoms. The zero-order chi connectivity index (χ0) is 11.9. The van der Waals surface area contributed by atoms with Crippen molar-refractivity contribution in [1.82, 2.24) is 0 Å². The maximum Gasteiger partial charge on any atom is 0.189 e. The van der Waals surface area contributed by atoms with E-state index in [2.05, 4.69) is 11.8 Å². The van der Waals surface area contributed by atoms with E-state index in [-0.39, 0.29) is 6.79 Å². The largest absolute Gasteiger partial charge is 0.466 e. The number of para-hydroxylation sites is 1. The van der Waals surface area contributed by atoms with Gasteiger partial charge in [0.15, 0.2) is 6.79 Å². The summed E-state index contributed by atoms with van der Waals surface area (Å²) < 4.78 is 11.0. The van der Waals surface area contributed by atoms with Gasteiger partial charge in [0.05, 0.1) is 18.7 Å². The molecule has 2 rings (SSSR count). The number of hydrogen-bond acceptors (Lipinski definition) is 3. The first-order chi connectivity index (χ1) is 8.40. The molecular formula is C14H17NO2. The van der Waals surface area contributed by atoms with Crippen molar-refractivity contribution in [2.24, 2.45) is 11.7 Å². The van der Waals surface area contributed by atoms with Crippen LogP contribution in [0.2, 0.25) is 0 Å². The van der Waals surface area contributed by atoms with Crippen LogP contribution < -0.4 is 10.5 Å². The van der Waals surface area contributed by atoms with Gasteiger partial charge in [-0.15, -0.1) is 0 Å². The van der Waals surface area contributed by atoms with E-state index in [1.807, 2.05) is 24.3 Å². The quantitative estimate of drug-likeness (QED) is 0.477. The first kappa shape index (κ1) is 12.0. The van der Waals surface area contributed by atoms with Crippen LogP contribution in [0.3, 0.4) is 0 Å². The second kappa shape index (κ2) is 6.29. The van der Waals surface area contributed by atoms with Gasteiger partial charge in [-0.2, -0.15) is 0 Å². The van der Waals surface area contributed by atoms with Crippen LogP contribution in [0.4, 0.5) is 0 Å². The topological polar surface area (TPSA) is 44.5 Å². The summed E-state index contributed by atoms with van der Waals surface area (Å²) in [5, 5.41) is 0. The molecular weight excluding hydrogens is 214 g/mol. The van der Waals surface area contributed by atoms with Gasteiger partial charge in [0.2, 0.25) is 0 Å². The van der Waals surface area contributed by atoms with Crippen molar-refractivity contribution in [1.29, 1.82) is 0 Å². The summed E-state index contributed by atoms with van der Waals surface area (Å²) in [6.45, 7) is 1.45. The molecule has 0 aliphatic heterocycles. The lowest BCUT2D eigenvalue weighted by Crippen LogP contribution is -2.06. The molecule has 0 saturated heterocycles. The average molecular weight is 231 g/mol. The summed E-state index contributed by atoms with van der Waals surface area (Å²) in [6, 6.07) is 7.65. The first-order valence-electron chi connectivity index (χ1n) is 5.88. The Morgan fingerprint density at radius 2 is 2.12 bits per heavy atom. The highest BCUT2D eigenvalue weighted by Crippen LogP contribution is 2.28. The Morgan fingerprint density at radius 3 is 2.88 bits per heavy atom. The zero-order valence-electron chi connectivity index (χ0n) is 9.82. The van der Waals surface area contributed by atoms with Crippen LogP contribution in [0.1, 0.15) is 18.4 Å². The molecule has 0 bridgehead atoms. The third-order valence-electron chi connectivity index (χ3n) is 2.56. The molecule has 0 spiro atoms. The van der Waals surface area contributed by atoms with Crippen molar-refractivity contribution in [3.63, 3.8) is 0 Å². The fourth-order valence-electron chi connectivity index (χ4n) is 1.45. The van der Waals surface area contributed by atoms with Gasteiger partial charge in [-0.05, 0) is 30.9 Å². The molecule has 1 aliphatic carbocycles. The smallest absolute Gasteiger partial charge is 0.189 e. The number of ether oxygens (including phenoxy) is 2. The lowest BCUT2D eigenvalue weighted by Gasteiger charge is -2.08. The second-order valence-corrected chi connectivity index (χ2v) is 4.08. The third kappa shape index (κ3) is 4.10. The van der Waals surface area contributed by atoms with Gasteiger partial charge in [0, 0.05) is 0 Å². The van der Waals surface area contributed by atoms with Crippen LogP contribution in [0.15, 0.2) is 24.3 Å². The van der Waals surface area contributed by atoms with E-state index in [0.29, 0.717) is 6.54 Å². The first-order valence-corrected chi connectivity index (χ1v) is 5.88. The van der Waals surface area contributed by atoms with E-state index in [0.717, 1.165) is 23.8 Å². The van der Waals surface area contributed by atoms with Gasteiger partial charge in [-0.1, -0.05) is 24.0 Å². The summed E-state index contributed by atoms with van der Waals surface area (Å²) >= 11 is 0. The van der Waals surface area contributed by atoms with Gasteiger partial charge in [0.1, 0.15) is 5.75 Å². The van der Waals surface area contributed by atoms with Crippen molar-refractivity contribution in [2.45, 2.75) is 12.8 Å². The van der Waals surface area contributed by atoms with E-state index < -0.39 is 0 Å². The summed E-state index contributed by atoms with van der Waals surface area (Å²) in [5.41, 5.74) is 6.20. The summed E-state index contributed by atoms with van der Waals surface area (Å²) in [7, 11) is 0. The summed E-state index contributed by atoms with van der Waals surface area (Å²) in [5.74, 6) is 7.31. The highest BCUT2D eigenvalue weighted by atomic mass is 16.7. The number of benzene rings is 1. The maximum atomic E-state index is 5.55. The second-order valence-electron chi connectivity index (χ2n) is 4.08. The Bertz CT molecular complexity index is 416. The van der Waals surface area contributed by atoms with Crippen LogP contribution in [-0.4, -0.2) is 19.9 Å². The molecule has 90 valence electrons. The van der Waals surface area contributed by atoms with E-state index in [1.54, 1.807) is 0 Å². The van der Waals surface area contributed by atoms with Crippen LogP contribution in [-0.2, 0) is 4.74 Å². The number of nitrogens with two attached hydrogens (primary N) is 1. The van der Waals surface area contributed by atoms with E-state index in [9.17, 15) is 0 Å². The van der Waals surface area contributed by atoms with E-state index in [4.69, 9.17) is 15.2 Å². The van der Waals surface area contributed by atoms with Crippen LogP contribution >= 0.6 is 0 Å². The fourth-order valence-corrected chi connectivity index (χ4v) is 1.45. The molecule has 0 atom stereocenters. The predicted molar refractivity (Wildman–Crippen MR) is 66.5 cm³/mol. The molecule has 1 aromatic rings. The van der Waals surface area contributed by atoms with Crippen molar-refractivity contribution in [3.05, 3.63) is 29.8 Å². The van der Waals surface area contributed by atoms with E-state index in [1.165, 1.54) is 12.8 Å². The molecule has 0 radical (unpaired) electrons. The SMILES string of the molecule is NCC#Cc1ccccc1OCOCC1CC1. The Morgan fingerprint density at radius 1 is 1.29 bits per heavy atom. The van der Waals surface area contributed by atoms with Crippen molar-refractivity contribution in [2.75, 3.05) is 19.9 Å². The summed E-state index contributed by atoms with van der Waals surface area (Å²) in [4.78, 5) is 0. The Hall–Kier alpha value is -1.50. The lowest BCUT2D eigenvalue weighted by atomic mass is 10.2. The van der Waals surface area contributed by atoms with E-state index >= 15 is 0 Å². The molecule has 1 fully saturated rings. The van der Waals surface area contributed by atoms with Gasteiger partial charge >= 0.3 is 0 Å². The van der Waals surface area contributed by atoms with Gasteiger partial charge in [-0.25, -0.2) is 0 Å². The monoisotopic (exact) mass is 231 g/mol. The third-order valence-corrected chi connectivity index (χ3v) is 2.56. The number of rotatable bonds is 5. The molecule has 0 unspecified atom stereocenters. The van der Waals surface area contributed by atoms with Crippen LogP contribution in [0, 0.1) is 17.8 Å². The maximum absolute atomic E-state index is 5.55. The standard InChI is InChI=1S/C14H17NO2/c15-9-3-5-13-4-1-2-6-14(13)17-11-16-10-12-7-8-12/h1-2,4,6,12H,7-11,15H2. The van der Waals surface area contributed by atoms with Gasteiger partial charge in [0.25, 0.3) is 0 Å². The minimum absolute atomic E-state index is 0.290. The Labute approximate surface area is 102 Å². The average Bonchev–Trinajstić information content (AvgIpc) is 3.17. The molecule has 1 aromatic carbocycles. The highest BCUT2D eigenvalue weighted by molar-refractivity contribution is 5.45. The Kier molecular flexibility index (Phi) is 4.43. The van der Waals surface area contributed by atoms with Crippen LogP contribution in [0.5, 0.6) is 5.75 Å². The molecule has 2 N–H and O–H groups in total. The highest BCUT2D eigenvalue weighted by Gasteiger charge is 2.21. The molecule has 0 aromatic heterocycles. The Balaban J connectivity index is 1.84. The zero-order valence-corrected chi connectivity index (χ0v) is 9.82. The molecule has 0 amide bonds. The molecule has 1 aliphatic rings. The van der Waals surface area contributed by atoms with Gasteiger partial charge < -0.3 is 15.2 Å². The number of hydrogen-bond donors (Lipinski definition) is 1. The predicted octanol–water partition coefficient (Wildman–Crippen LogP) is 1.76. The molecule has 0 heterocycles. The van der Waals surface area contributed by atoms with Crippen molar-refractivity contribution >= 4 is 0 Å². The lowest BCUT2D eigenvalue weighted by molar-refractivity contribution is 0.00983. The fraction of sp³-hybridized carbons (Fsp3) is 0.429. The van der Waals surface area contributed by atoms with Crippen LogP contribution in [0.25, 0.3) is 0 Å².